The summed E-state index contributed by atoms with van der Waals surface area (Å²) in [5.74, 6) is 2.94. The molecule has 0 bridgehead atoms. The Labute approximate surface area is 146 Å². The van der Waals surface area contributed by atoms with Gasteiger partial charge in [0.05, 0.1) is 27.0 Å². The number of ether oxygens (including phenoxy) is 3. The van der Waals surface area contributed by atoms with Gasteiger partial charge in [0.2, 0.25) is 0 Å². The molecule has 2 rings (SSSR count). The van der Waals surface area contributed by atoms with E-state index in [0.717, 1.165) is 28.3 Å². The van der Waals surface area contributed by atoms with Gasteiger partial charge in [0, 0.05) is 5.75 Å². The molecule has 128 valence electrons. The standard InChI is InChI=1S/C18H22N2O3S/c1-12-9-16(22-3)17(23-4)10-13(12)11-24-18(19)20-14-5-7-15(21-2)8-6-14/h5-10H,11H2,1-4H3,(H2,19,20). The molecule has 0 radical (unpaired) electrons. The van der Waals surface area contributed by atoms with Gasteiger partial charge >= 0.3 is 0 Å². The molecule has 0 heterocycles. The average Bonchev–Trinajstić information content (AvgIpc) is 2.61. The molecule has 0 aliphatic carbocycles. The van der Waals surface area contributed by atoms with Gasteiger partial charge < -0.3 is 19.9 Å². The molecule has 0 atom stereocenters. The molecular weight excluding hydrogens is 324 g/mol. The van der Waals surface area contributed by atoms with Gasteiger partial charge in [0.15, 0.2) is 16.7 Å². The summed E-state index contributed by atoms with van der Waals surface area (Å²) >= 11 is 1.48. The Balaban J connectivity index is 2.07. The lowest BCUT2D eigenvalue weighted by Gasteiger charge is -2.12. The van der Waals surface area contributed by atoms with E-state index in [-0.39, 0.29) is 0 Å². The maximum atomic E-state index is 6.03. The van der Waals surface area contributed by atoms with E-state index in [2.05, 4.69) is 4.99 Å². The number of thioether (sulfide) groups is 1. The van der Waals surface area contributed by atoms with Crippen molar-refractivity contribution in [3.8, 4) is 17.2 Å². The monoisotopic (exact) mass is 346 g/mol. The molecule has 0 unspecified atom stereocenters. The number of aryl methyl sites for hydroxylation is 1. The second kappa shape index (κ2) is 8.49. The summed E-state index contributed by atoms with van der Waals surface area (Å²) in [4.78, 5) is 4.40. The quantitative estimate of drug-likeness (QED) is 0.635. The van der Waals surface area contributed by atoms with E-state index in [1.54, 1.807) is 21.3 Å². The van der Waals surface area contributed by atoms with Gasteiger partial charge in [-0.1, -0.05) is 11.8 Å². The first-order valence-electron chi connectivity index (χ1n) is 7.40. The summed E-state index contributed by atoms with van der Waals surface area (Å²) in [5, 5.41) is 0.509. The minimum atomic E-state index is 0.509. The number of methoxy groups -OCH3 is 3. The normalized spacial score (nSPS) is 11.2. The highest BCUT2D eigenvalue weighted by Crippen LogP contribution is 2.32. The smallest absolute Gasteiger partial charge is 0.161 e. The van der Waals surface area contributed by atoms with Crippen molar-refractivity contribution in [1.82, 2.24) is 0 Å². The van der Waals surface area contributed by atoms with Crippen LogP contribution in [0.2, 0.25) is 0 Å². The Bertz CT molecular complexity index is 715. The molecule has 0 spiro atoms. The molecule has 0 aromatic heterocycles. The SMILES string of the molecule is COc1ccc(N=C(N)SCc2cc(OC)c(OC)cc2C)cc1. The van der Waals surface area contributed by atoms with Gasteiger partial charge in [-0.05, 0) is 54.4 Å². The highest BCUT2D eigenvalue weighted by Gasteiger charge is 2.09. The van der Waals surface area contributed by atoms with Gasteiger partial charge in [0.25, 0.3) is 0 Å². The minimum absolute atomic E-state index is 0.509. The van der Waals surface area contributed by atoms with Crippen LogP contribution in [-0.2, 0) is 5.75 Å². The Morgan fingerprint density at radius 3 is 2.21 bits per heavy atom. The molecule has 6 heteroatoms. The summed E-state index contributed by atoms with van der Waals surface area (Å²) in [6.45, 7) is 2.04. The number of nitrogens with two attached hydrogens (primary N) is 1. The van der Waals surface area contributed by atoms with Crippen molar-refractivity contribution in [2.75, 3.05) is 21.3 Å². The first kappa shape index (κ1) is 18.0. The first-order chi connectivity index (χ1) is 11.6. The molecule has 0 saturated carbocycles. The highest BCUT2D eigenvalue weighted by molar-refractivity contribution is 8.13. The maximum Gasteiger partial charge on any atom is 0.161 e. The van der Waals surface area contributed by atoms with Crippen LogP contribution in [0.25, 0.3) is 0 Å². The summed E-state index contributed by atoms with van der Waals surface area (Å²) in [7, 11) is 4.89. The van der Waals surface area contributed by atoms with Crippen molar-refractivity contribution < 1.29 is 14.2 Å². The third-order valence-corrected chi connectivity index (χ3v) is 4.37. The molecule has 0 amide bonds. The molecule has 0 aliphatic rings. The van der Waals surface area contributed by atoms with E-state index in [4.69, 9.17) is 19.9 Å². The molecule has 2 aromatic carbocycles. The van der Waals surface area contributed by atoms with Crippen LogP contribution in [0, 0.1) is 6.92 Å². The fourth-order valence-electron chi connectivity index (χ4n) is 2.15. The Kier molecular flexibility index (Phi) is 6.37. The van der Waals surface area contributed by atoms with Crippen LogP contribution in [-0.4, -0.2) is 26.5 Å². The molecule has 24 heavy (non-hydrogen) atoms. The topological polar surface area (TPSA) is 66.1 Å². The molecular formula is C18H22N2O3S. The van der Waals surface area contributed by atoms with Crippen LogP contribution in [0.15, 0.2) is 41.4 Å². The van der Waals surface area contributed by atoms with Gasteiger partial charge in [-0.3, -0.25) is 0 Å². The first-order valence-corrected chi connectivity index (χ1v) is 8.38. The van der Waals surface area contributed by atoms with E-state index >= 15 is 0 Å². The largest absolute Gasteiger partial charge is 0.497 e. The van der Waals surface area contributed by atoms with Gasteiger partial charge in [-0.2, -0.15) is 0 Å². The van der Waals surface area contributed by atoms with Crippen molar-refractivity contribution in [3.05, 3.63) is 47.5 Å². The molecule has 2 aromatic rings. The van der Waals surface area contributed by atoms with E-state index in [9.17, 15) is 0 Å². The molecule has 0 fully saturated rings. The van der Waals surface area contributed by atoms with E-state index in [1.165, 1.54) is 11.8 Å². The summed E-state index contributed by atoms with van der Waals surface area (Å²) in [5.41, 5.74) is 9.08. The van der Waals surface area contributed by atoms with Crippen LogP contribution in [0.5, 0.6) is 17.2 Å². The summed E-state index contributed by atoms with van der Waals surface area (Å²) in [6.07, 6.45) is 0. The summed E-state index contributed by atoms with van der Waals surface area (Å²) in [6, 6.07) is 11.4. The van der Waals surface area contributed by atoms with Crippen LogP contribution >= 0.6 is 11.8 Å². The number of nitrogens with zero attached hydrogens (tertiary/aromatic N) is 1. The lowest BCUT2D eigenvalue weighted by molar-refractivity contribution is 0.354. The number of aliphatic imine (C=N–C) groups is 1. The fourth-order valence-corrected chi connectivity index (χ4v) is 2.93. The molecule has 0 aliphatic heterocycles. The third-order valence-electron chi connectivity index (χ3n) is 3.53. The number of benzene rings is 2. The molecule has 5 nitrogen and oxygen atoms in total. The highest BCUT2D eigenvalue weighted by atomic mass is 32.2. The molecule has 0 saturated heterocycles. The van der Waals surface area contributed by atoms with Crippen molar-refractivity contribution in [2.45, 2.75) is 12.7 Å². The Morgan fingerprint density at radius 2 is 1.62 bits per heavy atom. The average molecular weight is 346 g/mol. The fraction of sp³-hybridized carbons (Fsp3) is 0.278. The van der Waals surface area contributed by atoms with Crippen LogP contribution in [0.4, 0.5) is 5.69 Å². The van der Waals surface area contributed by atoms with E-state index in [0.29, 0.717) is 16.7 Å². The van der Waals surface area contributed by atoms with Gasteiger partial charge in [-0.15, -0.1) is 0 Å². The zero-order chi connectivity index (χ0) is 17.5. The number of hydrogen-bond donors (Lipinski definition) is 1. The Morgan fingerprint density at radius 1 is 1.00 bits per heavy atom. The van der Waals surface area contributed by atoms with Crippen LogP contribution in [0.1, 0.15) is 11.1 Å². The predicted octanol–water partition coefficient (Wildman–Crippen LogP) is 3.90. The second-order valence-electron chi connectivity index (χ2n) is 5.07. The van der Waals surface area contributed by atoms with Crippen LogP contribution < -0.4 is 19.9 Å². The number of rotatable bonds is 6. The third kappa shape index (κ3) is 4.58. The van der Waals surface area contributed by atoms with Crippen molar-refractivity contribution >= 4 is 22.6 Å². The van der Waals surface area contributed by atoms with Crippen molar-refractivity contribution in [1.29, 1.82) is 0 Å². The van der Waals surface area contributed by atoms with E-state index < -0.39 is 0 Å². The van der Waals surface area contributed by atoms with Crippen molar-refractivity contribution in [2.24, 2.45) is 10.7 Å². The Hall–Kier alpha value is -2.34. The number of hydrogen-bond acceptors (Lipinski definition) is 5. The zero-order valence-corrected chi connectivity index (χ0v) is 15.1. The van der Waals surface area contributed by atoms with Gasteiger partial charge in [0.1, 0.15) is 5.75 Å². The van der Waals surface area contributed by atoms with Crippen LogP contribution in [0.3, 0.4) is 0 Å². The predicted molar refractivity (Wildman–Crippen MR) is 99.9 cm³/mol. The lowest BCUT2D eigenvalue weighted by atomic mass is 10.1. The maximum absolute atomic E-state index is 6.03. The van der Waals surface area contributed by atoms with Crippen molar-refractivity contribution in [3.63, 3.8) is 0 Å². The zero-order valence-electron chi connectivity index (χ0n) is 14.3. The van der Waals surface area contributed by atoms with E-state index in [1.807, 2.05) is 43.3 Å². The molecule has 2 N–H and O–H groups in total. The lowest BCUT2D eigenvalue weighted by Crippen LogP contribution is -2.06. The summed E-state index contributed by atoms with van der Waals surface area (Å²) < 4.78 is 15.8. The van der Waals surface area contributed by atoms with Gasteiger partial charge in [-0.25, -0.2) is 4.99 Å². The second-order valence-corrected chi connectivity index (χ2v) is 6.07. The number of amidine groups is 1. The minimum Gasteiger partial charge on any atom is -0.497 e.